The number of nitrogens with zero attached hydrogens (tertiary/aromatic N) is 3. The second-order valence-corrected chi connectivity index (χ2v) is 10.1. The quantitative estimate of drug-likeness (QED) is 0.815. The predicted octanol–water partition coefficient (Wildman–Crippen LogP) is 2.71. The Hall–Kier alpha value is -0.800. The van der Waals surface area contributed by atoms with Crippen molar-refractivity contribution in [2.45, 2.75) is 42.3 Å². The topological polar surface area (TPSA) is 73.2 Å². The highest BCUT2D eigenvalue weighted by atomic mass is 35.5. The maximum Gasteiger partial charge on any atom is 0.244 e. The summed E-state index contributed by atoms with van der Waals surface area (Å²) in [7, 11) is 1.29. The van der Waals surface area contributed by atoms with Crippen LogP contribution in [0.5, 0.6) is 0 Å². The number of halogens is 1. The third kappa shape index (κ3) is 3.26. The Bertz CT molecular complexity index is 825. The van der Waals surface area contributed by atoms with Crippen LogP contribution in [0.2, 0.25) is 5.02 Å². The number of rotatable bonds is 4. The predicted molar refractivity (Wildman–Crippen MR) is 106 cm³/mol. The number of thioether (sulfide) groups is 1. The van der Waals surface area contributed by atoms with Crippen LogP contribution in [0.4, 0.5) is 0 Å². The van der Waals surface area contributed by atoms with Gasteiger partial charge in [0.15, 0.2) is 10.9 Å². The molecule has 0 spiro atoms. The Morgan fingerprint density at radius 3 is 2.62 bits per heavy atom. The molecule has 2 fully saturated rings. The Morgan fingerprint density at radius 2 is 2.04 bits per heavy atom. The number of aliphatic imine (C=N–C) groups is 1. The maximum absolute atomic E-state index is 13.1. The Balaban J connectivity index is 2.01. The second kappa shape index (κ2) is 7.31. The van der Waals surface area contributed by atoms with Gasteiger partial charge in [0.2, 0.25) is 10.0 Å². The smallest absolute Gasteiger partial charge is 0.244 e. The van der Waals surface area contributed by atoms with Crippen molar-refractivity contribution in [2.24, 2.45) is 4.99 Å². The summed E-state index contributed by atoms with van der Waals surface area (Å²) in [4.78, 5) is 5.86. The first kappa shape index (κ1) is 19.9. The van der Waals surface area contributed by atoms with Crippen LogP contribution in [0, 0.1) is 0 Å². The van der Waals surface area contributed by atoms with Gasteiger partial charge in [0.25, 0.3) is 0 Å². The van der Waals surface area contributed by atoms with Gasteiger partial charge in [-0.3, -0.25) is 4.99 Å². The molecule has 1 aliphatic heterocycles. The molecule has 144 valence electrons. The van der Waals surface area contributed by atoms with E-state index in [1.807, 2.05) is 0 Å². The van der Waals surface area contributed by atoms with Gasteiger partial charge in [0, 0.05) is 32.7 Å². The number of hydrogen-bond acceptors (Lipinski definition) is 5. The molecule has 1 aromatic rings. The fourth-order valence-corrected chi connectivity index (χ4v) is 6.66. The highest BCUT2D eigenvalue weighted by Crippen LogP contribution is 2.40. The standard InChI is InChI=1S/C17H24ClN3O3S2/c1-19-16-20(2)17(22,11-25-16)12-8-9-14(18)15(10-12)26(23,24)21(3)13-6-4-5-7-13/h8-10,13,22H,4-7,11H2,1-3H3. The third-order valence-electron chi connectivity index (χ3n) is 5.33. The van der Waals surface area contributed by atoms with Crippen molar-refractivity contribution in [3.05, 3.63) is 28.8 Å². The third-order valence-corrected chi connectivity index (χ3v) is 8.98. The molecule has 9 heteroatoms. The zero-order valence-corrected chi connectivity index (χ0v) is 17.5. The van der Waals surface area contributed by atoms with E-state index in [0.717, 1.165) is 25.7 Å². The number of sulfonamides is 1. The summed E-state index contributed by atoms with van der Waals surface area (Å²) in [5.74, 6) is 0.371. The largest absolute Gasteiger partial charge is 0.366 e. The van der Waals surface area contributed by atoms with Crippen molar-refractivity contribution in [3.8, 4) is 0 Å². The SMILES string of the molecule is CN=C1SCC(O)(c2ccc(Cl)c(S(=O)(=O)N(C)C3CCCC3)c2)N1C. The lowest BCUT2D eigenvalue weighted by molar-refractivity contribution is -0.0349. The van der Waals surface area contributed by atoms with Gasteiger partial charge >= 0.3 is 0 Å². The van der Waals surface area contributed by atoms with E-state index in [0.29, 0.717) is 16.5 Å². The molecule has 0 aromatic heterocycles. The van der Waals surface area contributed by atoms with E-state index in [9.17, 15) is 13.5 Å². The first-order valence-corrected chi connectivity index (χ1v) is 11.4. The summed E-state index contributed by atoms with van der Waals surface area (Å²) in [6.45, 7) is 0. The van der Waals surface area contributed by atoms with Crippen molar-refractivity contribution in [2.75, 3.05) is 26.9 Å². The van der Waals surface area contributed by atoms with Crippen molar-refractivity contribution < 1.29 is 13.5 Å². The van der Waals surface area contributed by atoms with E-state index in [4.69, 9.17) is 11.6 Å². The second-order valence-electron chi connectivity index (χ2n) is 6.78. The monoisotopic (exact) mass is 417 g/mol. The molecule has 0 amide bonds. The fraction of sp³-hybridized carbons (Fsp3) is 0.588. The summed E-state index contributed by atoms with van der Waals surface area (Å²) in [5.41, 5.74) is -0.825. The number of hydrogen-bond donors (Lipinski definition) is 1. The number of aliphatic hydroxyl groups is 1. The van der Waals surface area contributed by atoms with Gasteiger partial charge in [-0.2, -0.15) is 4.31 Å². The average Bonchev–Trinajstić information content (AvgIpc) is 3.24. The van der Waals surface area contributed by atoms with E-state index in [2.05, 4.69) is 4.99 Å². The molecule has 1 saturated carbocycles. The van der Waals surface area contributed by atoms with Crippen LogP contribution in [0.3, 0.4) is 0 Å². The molecular weight excluding hydrogens is 394 g/mol. The molecule has 1 aromatic carbocycles. The zero-order chi connectivity index (χ0) is 19.1. The summed E-state index contributed by atoms with van der Waals surface area (Å²) in [6, 6.07) is 4.72. The first-order valence-electron chi connectivity index (χ1n) is 8.55. The molecule has 1 saturated heterocycles. The number of benzene rings is 1. The van der Waals surface area contributed by atoms with Gasteiger partial charge in [0.1, 0.15) is 4.90 Å². The molecule has 3 rings (SSSR count). The molecule has 1 N–H and O–H groups in total. The van der Waals surface area contributed by atoms with Crippen LogP contribution in [-0.4, -0.2) is 60.8 Å². The molecule has 1 heterocycles. The Kier molecular flexibility index (Phi) is 5.61. The molecule has 26 heavy (non-hydrogen) atoms. The summed E-state index contributed by atoms with van der Waals surface area (Å²) < 4.78 is 27.7. The molecule has 1 atom stereocenters. The van der Waals surface area contributed by atoms with Gasteiger partial charge in [-0.25, -0.2) is 8.42 Å². The Morgan fingerprint density at radius 1 is 1.38 bits per heavy atom. The minimum atomic E-state index is -3.73. The van der Waals surface area contributed by atoms with Crippen LogP contribution in [0.1, 0.15) is 31.2 Å². The lowest BCUT2D eigenvalue weighted by Gasteiger charge is -2.32. The van der Waals surface area contributed by atoms with Crippen molar-refractivity contribution in [1.29, 1.82) is 0 Å². The van der Waals surface area contributed by atoms with Crippen LogP contribution >= 0.6 is 23.4 Å². The van der Waals surface area contributed by atoms with Crippen LogP contribution in [0.25, 0.3) is 0 Å². The van der Waals surface area contributed by atoms with Gasteiger partial charge in [-0.1, -0.05) is 42.3 Å². The van der Waals surface area contributed by atoms with Gasteiger partial charge in [0.05, 0.1) is 10.8 Å². The fourth-order valence-electron chi connectivity index (χ4n) is 3.58. The molecule has 0 bridgehead atoms. The van der Waals surface area contributed by atoms with E-state index in [1.54, 1.807) is 38.2 Å². The van der Waals surface area contributed by atoms with Crippen molar-refractivity contribution >= 4 is 38.6 Å². The Labute approximate surface area is 164 Å². The highest BCUT2D eigenvalue weighted by Gasteiger charge is 2.43. The van der Waals surface area contributed by atoms with Gasteiger partial charge in [-0.05, 0) is 25.0 Å². The average molecular weight is 418 g/mol. The van der Waals surface area contributed by atoms with Crippen LogP contribution in [-0.2, 0) is 15.7 Å². The van der Waals surface area contributed by atoms with Gasteiger partial charge in [-0.15, -0.1) is 0 Å². The normalized spacial score (nSPS) is 26.4. The summed E-state index contributed by atoms with van der Waals surface area (Å²) in [5, 5.41) is 12.0. The summed E-state index contributed by atoms with van der Waals surface area (Å²) in [6.07, 6.45) is 3.82. The van der Waals surface area contributed by atoms with Crippen molar-refractivity contribution in [3.63, 3.8) is 0 Å². The lowest BCUT2D eigenvalue weighted by atomic mass is 10.0. The van der Waals surface area contributed by atoms with Crippen LogP contribution < -0.4 is 0 Å². The van der Waals surface area contributed by atoms with E-state index in [-0.39, 0.29) is 16.0 Å². The van der Waals surface area contributed by atoms with E-state index >= 15 is 0 Å². The highest BCUT2D eigenvalue weighted by molar-refractivity contribution is 8.14. The molecule has 1 aliphatic carbocycles. The van der Waals surface area contributed by atoms with Gasteiger partial charge < -0.3 is 10.0 Å². The van der Waals surface area contributed by atoms with E-state index in [1.165, 1.54) is 22.1 Å². The minimum Gasteiger partial charge on any atom is -0.366 e. The zero-order valence-electron chi connectivity index (χ0n) is 15.1. The van der Waals surface area contributed by atoms with E-state index < -0.39 is 15.7 Å². The molecular formula is C17H24ClN3O3S2. The molecule has 0 radical (unpaired) electrons. The number of amidine groups is 1. The molecule has 2 aliphatic rings. The molecule has 6 nitrogen and oxygen atoms in total. The minimum absolute atomic E-state index is 0.00588. The first-order chi connectivity index (χ1) is 12.2. The molecule has 1 unspecified atom stereocenters. The van der Waals surface area contributed by atoms with Crippen LogP contribution in [0.15, 0.2) is 28.1 Å². The maximum atomic E-state index is 13.1. The lowest BCUT2D eigenvalue weighted by Crippen LogP contribution is -2.42. The van der Waals surface area contributed by atoms with Crippen molar-refractivity contribution in [1.82, 2.24) is 9.21 Å². The summed E-state index contributed by atoms with van der Waals surface area (Å²) >= 11 is 7.68.